The van der Waals surface area contributed by atoms with Gasteiger partial charge < -0.3 is 11.1 Å². The van der Waals surface area contributed by atoms with Crippen molar-refractivity contribution in [1.29, 1.82) is 0 Å². The van der Waals surface area contributed by atoms with E-state index in [0.717, 1.165) is 12.0 Å². The Morgan fingerprint density at radius 3 is 2.29 bits per heavy atom. The highest BCUT2D eigenvalue weighted by atomic mass is 16.1. The summed E-state index contributed by atoms with van der Waals surface area (Å²) >= 11 is 0. The van der Waals surface area contributed by atoms with Crippen molar-refractivity contribution in [1.82, 2.24) is 9.97 Å². The minimum absolute atomic E-state index is 0.200. The SMILES string of the molecule is NC(=O)c1cc(-c2ccccc2)nc(NCCc2ccccc2)n1. The molecule has 0 spiro atoms. The summed E-state index contributed by atoms with van der Waals surface area (Å²) in [6, 6.07) is 21.4. The van der Waals surface area contributed by atoms with Crippen LogP contribution in [0.1, 0.15) is 16.1 Å². The molecule has 0 radical (unpaired) electrons. The van der Waals surface area contributed by atoms with Gasteiger partial charge in [-0.3, -0.25) is 4.79 Å². The van der Waals surface area contributed by atoms with E-state index < -0.39 is 5.91 Å². The van der Waals surface area contributed by atoms with Gasteiger partial charge in [0.2, 0.25) is 5.95 Å². The highest BCUT2D eigenvalue weighted by Gasteiger charge is 2.10. The van der Waals surface area contributed by atoms with Crippen LogP contribution in [-0.2, 0) is 6.42 Å². The molecule has 0 aliphatic carbocycles. The van der Waals surface area contributed by atoms with Gasteiger partial charge in [0.05, 0.1) is 5.69 Å². The number of rotatable bonds is 6. The third-order valence-electron chi connectivity index (χ3n) is 3.59. The van der Waals surface area contributed by atoms with Crippen LogP contribution in [0.2, 0.25) is 0 Å². The Balaban J connectivity index is 1.79. The highest BCUT2D eigenvalue weighted by Crippen LogP contribution is 2.19. The second kappa shape index (κ2) is 7.37. The van der Waals surface area contributed by atoms with E-state index in [1.165, 1.54) is 5.56 Å². The van der Waals surface area contributed by atoms with E-state index >= 15 is 0 Å². The third-order valence-corrected chi connectivity index (χ3v) is 3.59. The molecule has 0 fully saturated rings. The molecule has 0 bridgehead atoms. The van der Waals surface area contributed by atoms with E-state index in [2.05, 4.69) is 27.4 Å². The van der Waals surface area contributed by atoms with Crippen LogP contribution in [0, 0.1) is 0 Å². The molecule has 1 amide bonds. The first-order valence-electron chi connectivity index (χ1n) is 7.74. The molecule has 3 rings (SSSR count). The molecule has 0 aliphatic heterocycles. The molecule has 5 nitrogen and oxygen atoms in total. The fourth-order valence-electron chi connectivity index (χ4n) is 2.37. The second-order valence-electron chi connectivity index (χ2n) is 5.35. The van der Waals surface area contributed by atoms with Crippen molar-refractivity contribution in [2.75, 3.05) is 11.9 Å². The number of carbonyl (C=O) groups is 1. The van der Waals surface area contributed by atoms with Gasteiger partial charge in [-0.15, -0.1) is 0 Å². The molecule has 0 saturated carbocycles. The number of carbonyl (C=O) groups excluding carboxylic acids is 1. The van der Waals surface area contributed by atoms with Crippen molar-refractivity contribution in [2.24, 2.45) is 5.73 Å². The number of nitrogens with zero attached hydrogens (tertiary/aromatic N) is 2. The van der Waals surface area contributed by atoms with Gasteiger partial charge in [0, 0.05) is 12.1 Å². The maximum absolute atomic E-state index is 11.5. The predicted octanol–water partition coefficient (Wildman–Crippen LogP) is 2.90. The Morgan fingerprint density at radius 2 is 1.62 bits per heavy atom. The molecule has 3 aromatic rings. The summed E-state index contributed by atoms with van der Waals surface area (Å²) in [4.78, 5) is 20.2. The average molecular weight is 318 g/mol. The number of aromatic nitrogens is 2. The van der Waals surface area contributed by atoms with Crippen molar-refractivity contribution in [3.63, 3.8) is 0 Å². The maximum atomic E-state index is 11.5. The Bertz CT molecular complexity index is 819. The first kappa shape index (κ1) is 15.7. The van der Waals surface area contributed by atoms with E-state index in [-0.39, 0.29) is 5.69 Å². The van der Waals surface area contributed by atoms with Gasteiger partial charge >= 0.3 is 0 Å². The molecule has 1 heterocycles. The van der Waals surface area contributed by atoms with Gasteiger partial charge in [0.25, 0.3) is 5.91 Å². The van der Waals surface area contributed by atoms with Crippen molar-refractivity contribution < 1.29 is 4.79 Å². The molecule has 0 aliphatic rings. The summed E-state index contributed by atoms with van der Waals surface area (Å²) in [7, 11) is 0. The molecule has 2 aromatic carbocycles. The molecule has 120 valence electrons. The maximum Gasteiger partial charge on any atom is 0.267 e. The fraction of sp³-hybridized carbons (Fsp3) is 0.105. The Hall–Kier alpha value is -3.21. The molecule has 0 atom stereocenters. The zero-order valence-corrected chi connectivity index (χ0v) is 13.1. The molecule has 0 saturated heterocycles. The van der Waals surface area contributed by atoms with E-state index in [1.807, 2.05) is 48.5 Å². The van der Waals surface area contributed by atoms with E-state index in [0.29, 0.717) is 18.2 Å². The van der Waals surface area contributed by atoms with Crippen molar-refractivity contribution in [3.05, 3.63) is 78.0 Å². The lowest BCUT2D eigenvalue weighted by atomic mass is 10.1. The Kier molecular flexibility index (Phi) is 4.81. The van der Waals surface area contributed by atoms with Crippen molar-refractivity contribution in [3.8, 4) is 11.3 Å². The second-order valence-corrected chi connectivity index (χ2v) is 5.35. The molecule has 3 N–H and O–H groups in total. The third kappa shape index (κ3) is 3.95. The minimum Gasteiger partial charge on any atom is -0.364 e. The summed E-state index contributed by atoms with van der Waals surface area (Å²) in [5, 5.41) is 3.17. The normalized spacial score (nSPS) is 10.3. The number of nitrogens with one attached hydrogen (secondary N) is 1. The number of anilines is 1. The van der Waals surface area contributed by atoms with Crippen molar-refractivity contribution in [2.45, 2.75) is 6.42 Å². The van der Waals surface area contributed by atoms with Gasteiger partial charge in [-0.1, -0.05) is 60.7 Å². The van der Waals surface area contributed by atoms with Gasteiger partial charge in [0.15, 0.2) is 0 Å². The number of benzene rings is 2. The van der Waals surface area contributed by atoms with Crippen LogP contribution in [0.15, 0.2) is 66.7 Å². The van der Waals surface area contributed by atoms with Crippen LogP contribution in [-0.4, -0.2) is 22.4 Å². The number of primary amides is 1. The largest absolute Gasteiger partial charge is 0.364 e. The Labute approximate surface area is 140 Å². The Morgan fingerprint density at radius 1 is 0.958 bits per heavy atom. The van der Waals surface area contributed by atoms with Crippen LogP contribution in [0.5, 0.6) is 0 Å². The van der Waals surface area contributed by atoms with Crippen LogP contribution in [0.3, 0.4) is 0 Å². The standard InChI is InChI=1S/C19H18N4O/c20-18(24)17-13-16(15-9-5-2-6-10-15)22-19(23-17)21-12-11-14-7-3-1-4-8-14/h1-10,13H,11-12H2,(H2,20,24)(H,21,22,23). The number of hydrogen-bond acceptors (Lipinski definition) is 4. The summed E-state index contributed by atoms with van der Waals surface area (Å²) < 4.78 is 0. The summed E-state index contributed by atoms with van der Waals surface area (Å²) in [5.41, 5.74) is 8.39. The zero-order chi connectivity index (χ0) is 16.8. The van der Waals surface area contributed by atoms with E-state index in [1.54, 1.807) is 6.07 Å². The molecule has 1 aromatic heterocycles. The van der Waals surface area contributed by atoms with Crippen LogP contribution >= 0.6 is 0 Å². The van der Waals surface area contributed by atoms with Gasteiger partial charge in [-0.25, -0.2) is 9.97 Å². The lowest BCUT2D eigenvalue weighted by molar-refractivity contribution is 0.0995. The minimum atomic E-state index is -0.569. The first-order chi connectivity index (χ1) is 11.7. The number of amides is 1. The topological polar surface area (TPSA) is 80.9 Å². The predicted molar refractivity (Wildman–Crippen MR) is 94.6 cm³/mol. The number of nitrogens with two attached hydrogens (primary N) is 1. The average Bonchev–Trinajstić information content (AvgIpc) is 2.63. The molecular weight excluding hydrogens is 300 g/mol. The lowest BCUT2D eigenvalue weighted by Gasteiger charge is -2.09. The summed E-state index contributed by atoms with van der Waals surface area (Å²) in [5.74, 6) is -0.165. The van der Waals surface area contributed by atoms with Gasteiger partial charge in [0.1, 0.15) is 5.69 Å². The smallest absolute Gasteiger partial charge is 0.267 e. The van der Waals surface area contributed by atoms with Gasteiger partial charge in [-0.2, -0.15) is 0 Å². The summed E-state index contributed by atoms with van der Waals surface area (Å²) in [6.45, 7) is 0.667. The summed E-state index contributed by atoms with van der Waals surface area (Å²) in [6.07, 6.45) is 0.839. The quantitative estimate of drug-likeness (QED) is 0.732. The van der Waals surface area contributed by atoms with E-state index in [9.17, 15) is 4.79 Å². The zero-order valence-electron chi connectivity index (χ0n) is 13.1. The lowest BCUT2D eigenvalue weighted by Crippen LogP contribution is -2.16. The number of hydrogen-bond donors (Lipinski definition) is 2. The van der Waals surface area contributed by atoms with Crippen molar-refractivity contribution >= 4 is 11.9 Å². The molecule has 24 heavy (non-hydrogen) atoms. The van der Waals surface area contributed by atoms with Crippen LogP contribution in [0.25, 0.3) is 11.3 Å². The van der Waals surface area contributed by atoms with E-state index in [4.69, 9.17) is 5.73 Å². The molecule has 0 unspecified atom stereocenters. The molecular formula is C19H18N4O. The first-order valence-corrected chi connectivity index (χ1v) is 7.74. The highest BCUT2D eigenvalue weighted by molar-refractivity contribution is 5.92. The fourth-order valence-corrected chi connectivity index (χ4v) is 2.37. The molecule has 5 heteroatoms. The van der Waals surface area contributed by atoms with Gasteiger partial charge in [-0.05, 0) is 18.1 Å². The van der Waals surface area contributed by atoms with Crippen LogP contribution < -0.4 is 11.1 Å². The monoisotopic (exact) mass is 318 g/mol. The van der Waals surface area contributed by atoms with Crippen LogP contribution in [0.4, 0.5) is 5.95 Å².